The lowest BCUT2D eigenvalue weighted by Crippen LogP contribution is -2.31. The summed E-state index contributed by atoms with van der Waals surface area (Å²) >= 11 is 11.7. The molecule has 0 saturated carbocycles. The van der Waals surface area contributed by atoms with Crippen molar-refractivity contribution in [3.63, 3.8) is 0 Å². The quantitative estimate of drug-likeness (QED) is 0.0236. The third-order valence-electron chi connectivity index (χ3n) is 10.8. The van der Waals surface area contributed by atoms with E-state index >= 15 is 0 Å². The number of aryl methyl sites for hydroxylation is 1. The van der Waals surface area contributed by atoms with Crippen LogP contribution >= 0.6 is 23.2 Å². The van der Waals surface area contributed by atoms with Gasteiger partial charge in [-0.2, -0.15) is 0 Å². The van der Waals surface area contributed by atoms with Crippen LogP contribution in [0.25, 0.3) is 0 Å². The van der Waals surface area contributed by atoms with Crippen molar-refractivity contribution >= 4 is 71.9 Å². The Kier molecular flexibility index (Phi) is 32.1. The Morgan fingerprint density at radius 2 is 1.27 bits per heavy atom. The molecular formula is C52H56Cl2F2N6O24. The summed E-state index contributed by atoms with van der Waals surface area (Å²) in [6.07, 6.45) is 0.804. The molecule has 5 unspecified atom stereocenters. The lowest BCUT2D eigenvalue weighted by Gasteiger charge is -2.21. The van der Waals surface area contributed by atoms with Crippen molar-refractivity contribution in [3.05, 3.63) is 184 Å². The molecule has 9 N–H and O–H groups in total. The molecule has 466 valence electrons. The molecule has 7 rings (SSSR count). The number of benzene rings is 3. The van der Waals surface area contributed by atoms with E-state index in [-0.39, 0.29) is 61.2 Å². The maximum Gasteiger partial charge on any atom is 0.503 e. The van der Waals surface area contributed by atoms with Gasteiger partial charge in [0.05, 0.1) is 35.0 Å². The van der Waals surface area contributed by atoms with Crippen molar-refractivity contribution in [2.75, 3.05) is 34.0 Å². The number of amides is 2. The number of rotatable bonds is 18. The summed E-state index contributed by atoms with van der Waals surface area (Å²) in [7, 11) is 2.92. The fraction of sp³-hybridized carbons (Fsp3) is 0.308. The van der Waals surface area contributed by atoms with Crippen molar-refractivity contribution in [1.29, 1.82) is 0 Å². The van der Waals surface area contributed by atoms with Crippen molar-refractivity contribution in [1.82, 2.24) is 29.3 Å². The fourth-order valence-electron chi connectivity index (χ4n) is 6.97. The van der Waals surface area contributed by atoms with Crippen LogP contribution in [0.3, 0.4) is 0 Å². The van der Waals surface area contributed by atoms with Gasteiger partial charge >= 0.3 is 47.8 Å². The van der Waals surface area contributed by atoms with Gasteiger partial charge in [-0.15, -0.1) is 0 Å². The second kappa shape index (κ2) is 38.2. The van der Waals surface area contributed by atoms with Gasteiger partial charge in [0, 0.05) is 67.5 Å². The molecular weight excluding hydrogens is 1200 g/mol. The highest BCUT2D eigenvalue weighted by molar-refractivity contribution is 6.35. The third kappa shape index (κ3) is 28.5. The van der Waals surface area contributed by atoms with E-state index in [9.17, 15) is 51.9 Å². The molecule has 4 heterocycles. The van der Waals surface area contributed by atoms with Gasteiger partial charge in [0.25, 0.3) is 11.1 Å². The predicted molar refractivity (Wildman–Crippen MR) is 292 cm³/mol. The van der Waals surface area contributed by atoms with Crippen LogP contribution in [0.4, 0.5) is 23.2 Å². The molecule has 2 fully saturated rings. The third-order valence-corrected chi connectivity index (χ3v) is 11.2. The SMILES string of the molecule is CNC(=O)/C=C\N(C=O)C1CCC(COC(=O)c2cccc(F)c2)O1.COC(CCn1ccc(=O)[nH]c1=O)COC(=O)c1ccccc1F.O=C(O)O.O=C(O)O.O=C(O)O.O=C(OCC1CCC(n2ccc(=O)[nH]c2=O)O1)c1cc(Cl)cc(Cl)c1. The maximum absolute atomic E-state index is 13.5. The van der Waals surface area contributed by atoms with Crippen LogP contribution in [0.5, 0.6) is 0 Å². The Hall–Kier alpha value is -9.76. The second-order valence-corrected chi connectivity index (χ2v) is 17.7. The van der Waals surface area contributed by atoms with E-state index < -0.39 is 89.1 Å². The van der Waals surface area contributed by atoms with Gasteiger partial charge in [0.1, 0.15) is 43.9 Å². The Morgan fingerprint density at radius 1 is 0.709 bits per heavy atom. The van der Waals surface area contributed by atoms with Crippen LogP contribution in [0, 0.1) is 11.6 Å². The number of halogens is 4. The molecule has 2 saturated heterocycles. The largest absolute Gasteiger partial charge is 0.503 e. The molecule has 34 heteroatoms. The number of hydrogen-bond donors (Lipinski definition) is 9. The first-order valence-corrected chi connectivity index (χ1v) is 25.2. The fourth-order valence-corrected chi connectivity index (χ4v) is 7.50. The number of carbonyl (C=O) groups excluding carboxylic acids is 5. The van der Waals surface area contributed by atoms with Crippen LogP contribution in [0.15, 0.2) is 123 Å². The lowest BCUT2D eigenvalue weighted by molar-refractivity contribution is -0.127. The van der Waals surface area contributed by atoms with Gasteiger partial charge in [-0.3, -0.25) is 38.6 Å². The summed E-state index contributed by atoms with van der Waals surface area (Å²) in [5, 5.41) is 44.9. The molecule has 0 spiro atoms. The van der Waals surface area contributed by atoms with E-state index in [4.69, 9.17) is 96.6 Å². The Balaban J connectivity index is 0.000000401. The van der Waals surface area contributed by atoms with Gasteiger partial charge in [-0.1, -0.05) is 41.4 Å². The van der Waals surface area contributed by atoms with Crippen LogP contribution in [0.2, 0.25) is 10.0 Å². The molecule has 3 aromatic carbocycles. The van der Waals surface area contributed by atoms with Gasteiger partial charge in [0.2, 0.25) is 12.3 Å². The van der Waals surface area contributed by atoms with Gasteiger partial charge in [-0.05, 0) is 80.6 Å². The molecule has 2 aliphatic heterocycles. The van der Waals surface area contributed by atoms with Gasteiger partial charge in [0.15, 0.2) is 0 Å². The zero-order chi connectivity index (χ0) is 64.5. The number of nitrogens with one attached hydrogen (secondary N) is 3. The number of likely N-dealkylation sites (N-methyl/N-ethyl adjacent to an activating group) is 1. The number of hydrogen-bond acceptors (Lipinski definition) is 18. The minimum atomic E-state index is -1.83. The summed E-state index contributed by atoms with van der Waals surface area (Å²) in [5.41, 5.74) is -1.78. The number of esters is 3. The van der Waals surface area contributed by atoms with E-state index in [0.29, 0.717) is 48.6 Å². The Labute approximate surface area is 492 Å². The number of aromatic nitrogens is 4. The van der Waals surface area contributed by atoms with E-state index in [1.807, 2.05) is 0 Å². The molecule has 30 nitrogen and oxygen atoms in total. The van der Waals surface area contributed by atoms with E-state index in [1.165, 1.54) is 126 Å². The number of carbonyl (C=O) groups is 8. The molecule has 2 aliphatic rings. The minimum absolute atomic E-state index is 0.00228. The van der Waals surface area contributed by atoms with E-state index in [2.05, 4.69) is 15.3 Å². The second-order valence-electron chi connectivity index (χ2n) is 16.8. The standard InChI is InChI=1S/C17H19FN2O5.C16H14Cl2N2O5.C16H17FN2O5.3CH2O3/c1-19-15(22)7-8-20(11-21)16-6-5-14(25-16)10-24-17(23)12-3-2-4-13(18)9-12;17-10-5-9(6-11(18)7-10)15(22)24-8-12-1-2-14(25-12)20-4-3-13(21)19-16(20)23;1-23-11(6-8-19-9-7-14(20)18-16(19)22)10-24-15(21)12-4-2-3-5-13(12)17;3*2-1(3)4/h2-4,7-9,11,14,16H,5-6,10H2,1H3,(H,19,22);3-7,12,14H,1-2,8H2,(H,19,21,23);2-5,7,9,11H,6,8,10H2,1H3,(H,18,20,22);3*(H2,2,3,4)/b8-7-;;;;;. The van der Waals surface area contributed by atoms with Crippen LogP contribution in [-0.4, -0.2) is 162 Å². The summed E-state index contributed by atoms with van der Waals surface area (Å²) in [6, 6.07) is 17.7. The summed E-state index contributed by atoms with van der Waals surface area (Å²) in [4.78, 5) is 135. The Morgan fingerprint density at radius 3 is 1.81 bits per heavy atom. The minimum Gasteiger partial charge on any atom is -0.459 e. The highest BCUT2D eigenvalue weighted by atomic mass is 35.5. The predicted octanol–water partition coefficient (Wildman–Crippen LogP) is 5.19. The molecule has 0 radical (unpaired) electrons. The van der Waals surface area contributed by atoms with Crippen LogP contribution in [0.1, 0.15) is 69.4 Å². The Bertz CT molecular complexity index is 3300. The zero-order valence-electron chi connectivity index (χ0n) is 45.0. The van der Waals surface area contributed by atoms with Gasteiger partial charge in [-0.25, -0.2) is 47.1 Å². The van der Waals surface area contributed by atoms with Crippen molar-refractivity contribution in [3.8, 4) is 0 Å². The number of methoxy groups -OCH3 is 1. The molecule has 86 heavy (non-hydrogen) atoms. The molecule has 5 atom stereocenters. The topological polar surface area (TPSA) is 438 Å². The first-order valence-electron chi connectivity index (χ1n) is 24.5. The number of carboxylic acid groups (broad SMARTS) is 6. The highest BCUT2D eigenvalue weighted by Gasteiger charge is 2.31. The summed E-state index contributed by atoms with van der Waals surface area (Å²) in [6.45, 7) is 0.225. The average Bonchev–Trinajstić information content (AvgIpc) is 4.04. The van der Waals surface area contributed by atoms with Crippen molar-refractivity contribution in [2.45, 2.75) is 69.4 Å². The number of aromatic amines is 2. The normalized spacial score (nSPS) is 15.6. The molecule has 5 aromatic rings. The highest BCUT2D eigenvalue weighted by Crippen LogP contribution is 2.28. The maximum atomic E-state index is 13.5. The molecule has 0 bridgehead atoms. The monoisotopic (exact) mass is 1260 g/mol. The van der Waals surface area contributed by atoms with Crippen LogP contribution in [-0.2, 0) is 44.6 Å². The average molecular weight is 1260 g/mol. The van der Waals surface area contributed by atoms with E-state index in [0.717, 1.165) is 6.07 Å². The number of ether oxygens (including phenoxy) is 6. The van der Waals surface area contributed by atoms with Crippen molar-refractivity contribution in [2.24, 2.45) is 0 Å². The first-order chi connectivity index (χ1) is 40.7. The first kappa shape index (κ1) is 72.3. The number of H-pyrrole nitrogens is 2. The molecule has 0 aliphatic carbocycles. The summed E-state index contributed by atoms with van der Waals surface area (Å²) < 4.78 is 61.2. The smallest absolute Gasteiger partial charge is 0.459 e. The zero-order valence-corrected chi connectivity index (χ0v) is 46.5. The number of nitrogens with zero attached hydrogens (tertiary/aromatic N) is 3. The van der Waals surface area contributed by atoms with E-state index in [1.54, 1.807) is 0 Å². The van der Waals surface area contributed by atoms with Gasteiger partial charge < -0.3 is 68.9 Å². The molecule has 2 aromatic heterocycles. The lowest BCUT2D eigenvalue weighted by atomic mass is 10.2. The molecule has 2 amide bonds. The van der Waals surface area contributed by atoms with Crippen molar-refractivity contribution < 1.29 is 106 Å². The van der Waals surface area contributed by atoms with Crippen LogP contribution < -0.4 is 27.8 Å². The summed E-state index contributed by atoms with van der Waals surface area (Å²) in [5.74, 6) is -3.50.